The van der Waals surface area contributed by atoms with E-state index in [0.29, 0.717) is 49.5 Å². The molecule has 0 atom stereocenters. The number of amides is 1. The molecule has 1 saturated heterocycles. The second-order valence-corrected chi connectivity index (χ2v) is 8.80. The molecular formula is C25H28N8O2. The minimum atomic E-state index is -0.119. The molecule has 1 aliphatic rings. The number of hydrogen-bond donors (Lipinski definition) is 0. The minimum Gasteiger partial charge on any atom is -0.353 e. The van der Waals surface area contributed by atoms with Crippen molar-refractivity contribution in [2.75, 3.05) is 31.1 Å². The summed E-state index contributed by atoms with van der Waals surface area (Å²) in [5.41, 5.74) is 2.56. The molecule has 0 bridgehead atoms. The van der Waals surface area contributed by atoms with Crippen LogP contribution >= 0.6 is 0 Å². The molecule has 4 aromatic rings. The van der Waals surface area contributed by atoms with Crippen LogP contribution in [-0.2, 0) is 11.3 Å². The summed E-state index contributed by atoms with van der Waals surface area (Å²) in [5, 5.41) is 0.566. The second-order valence-electron chi connectivity index (χ2n) is 8.80. The maximum absolute atomic E-state index is 12.9. The predicted octanol–water partition coefficient (Wildman–Crippen LogP) is 2.04. The van der Waals surface area contributed by atoms with Crippen molar-refractivity contribution in [3.05, 3.63) is 70.6 Å². The maximum atomic E-state index is 12.9. The van der Waals surface area contributed by atoms with Gasteiger partial charge in [-0.15, -0.1) is 0 Å². The first-order valence-electron chi connectivity index (χ1n) is 11.7. The van der Waals surface area contributed by atoms with Crippen LogP contribution in [-0.4, -0.2) is 66.1 Å². The van der Waals surface area contributed by atoms with Gasteiger partial charge < -0.3 is 9.80 Å². The van der Waals surface area contributed by atoms with E-state index in [0.717, 1.165) is 23.0 Å². The van der Waals surface area contributed by atoms with Crippen LogP contribution in [0, 0.1) is 20.8 Å². The van der Waals surface area contributed by atoms with Crippen LogP contribution in [0.25, 0.3) is 16.7 Å². The Morgan fingerprint density at radius 2 is 1.69 bits per heavy atom. The van der Waals surface area contributed by atoms with Crippen LogP contribution in [0.4, 0.5) is 5.82 Å². The van der Waals surface area contributed by atoms with E-state index in [1.807, 2.05) is 54.5 Å². The molecule has 0 spiro atoms. The second kappa shape index (κ2) is 9.28. The molecule has 0 saturated carbocycles. The molecule has 1 aromatic carbocycles. The molecule has 4 heterocycles. The molecule has 0 N–H and O–H groups in total. The number of piperazine rings is 1. The van der Waals surface area contributed by atoms with Gasteiger partial charge in [0.25, 0.3) is 5.56 Å². The van der Waals surface area contributed by atoms with Gasteiger partial charge in [0.05, 0.1) is 22.9 Å². The first kappa shape index (κ1) is 22.7. The standard InChI is InChI=1S/C25H28N8O2/c1-17-18(2)33(16-26-17)23-14-22(28-19(3)29-23)30-10-12-31(13-11-30)24(34)8-9-32-15-27-21-7-5-4-6-20(21)25(32)35/h4-7,14-16H,8-13H2,1-3H3. The number of para-hydroxylation sites is 1. The van der Waals surface area contributed by atoms with Gasteiger partial charge in [0.2, 0.25) is 5.91 Å². The van der Waals surface area contributed by atoms with E-state index in [9.17, 15) is 9.59 Å². The van der Waals surface area contributed by atoms with Gasteiger partial charge in [0.1, 0.15) is 23.8 Å². The first-order chi connectivity index (χ1) is 16.9. The van der Waals surface area contributed by atoms with Crippen molar-refractivity contribution in [2.45, 2.75) is 33.7 Å². The van der Waals surface area contributed by atoms with E-state index in [1.54, 1.807) is 12.4 Å². The number of anilines is 1. The number of benzene rings is 1. The van der Waals surface area contributed by atoms with Crippen LogP contribution in [0.1, 0.15) is 23.6 Å². The molecule has 0 radical (unpaired) electrons. The van der Waals surface area contributed by atoms with Crippen molar-refractivity contribution >= 4 is 22.6 Å². The van der Waals surface area contributed by atoms with Crippen molar-refractivity contribution < 1.29 is 4.79 Å². The number of hydrogen-bond acceptors (Lipinski definition) is 7. The van der Waals surface area contributed by atoms with E-state index in [1.165, 1.54) is 10.9 Å². The molecule has 0 unspecified atom stereocenters. The van der Waals surface area contributed by atoms with Gasteiger partial charge in [-0.25, -0.2) is 19.9 Å². The summed E-state index contributed by atoms with van der Waals surface area (Å²) >= 11 is 0. The maximum Gasteiger partial charge on any atom is 0.261 e. The largest absolute Gasteiger partial charge is 0.353 e. The lowest BCUT2D eigenvalue weighted by Gasteiger charge is -2.35. The number of nitrogens with zero attached hydrogens (tertiary/aromatic N) is 8. The van der Waals surface area contributed by atoms with E-state index >= 15 is 0 Å². The summed E-state index contributed by atoms with van der Waals surface area (Å²) in [6.07, 6.45) is 3.56. The van der Waals surface area contributed by atoms with E-state index in [4.69, 9.17) is 0 Å². The summed E-state index contributed by atoms with van der Waals surface area (Å²) in [6, 6.07) is 9.21. The van der Waals surface area contributed by atoms with Crippen molar-refractivity contribution in [3.8, 4) is 5.82 Å². The van der Waals surface area contributed by atoms with Crippen LogP contribution in [0.2, 0.25) is 0 Å². The number of aromatic nitrogens is 6. The highest BCUT2D eigenvalue weighted by Crippen LogP contribution is 2.20. The Hall–Kier alpha value is -4.08. The van der Waals surface area contributed by atoms with Crippen LogP contribution in [0.15, 0.2) is 47.8 Å². The molecule has 5 rings (SSSR count). The Morgan fingerprint density at radius 1 is 0.943 bits per heavy atom. The molecule has 1 amide bonds. The Kier molecular flexibility index (Phi) is 6.02. The zero-order chi connectivity index (χ0) is 24.5. The third-order valence-corrected chi connectivity index (χ3v) is 6.56. The van der Waals surface area contributed by atoms with Crippen LogP contribution in [0.5, 0.6) is 0 Å². The van der Waals surface area contributed by atoms with Gasteiger partial charge in [-0.1, -0.05) is 12.1 Å². The van der Waals surface area contributed by atoms with Crippen molar-refractivity contribution in [1.82, 2.24) is 34.0 Å². The number of rotatable bonds is 5. The average Bonchev–Trinajstić information content (AvgIpc) is 3.21. The summed E-state index contributed by atoms with van der Waals surface area (Å²) < 4.78 is 3.48. The molecule has 1 aliphatic heterocycles. The van der Waals surface area contributed by atoms with Crippen molar-refractivity contribution in [1.29, 1.82) is 0 Å². The van der Waals surface area contributed by atoms with Crippen LogP contribution < -0.4 is 10.5 Å². The quantitative estimate of drug-likeness (QED) is 0.438. The molecule has 35 heavy (non-hydrogen) atoms. The fraction of sp³-hybridized carbons (Fsp3) is 0.360. The Balaban J connectivity index is 1.22. The topological polar surface area (TPSA) is 102 Å². The highest BCUT2D eigenvalue weighted by molar-refractivity contribution is 5.78. The Bertz CT molecular complexity index is 1450. The van der Waals surface area contributed by atoms with Crippen molar-refractivity contribution in [2.24, 2.45) is 0 Å². The number of imidazole rings is 1. The van der Waals surface area contributed by atoms with Crippen LogP contribution in [0.3, 0.4) is 0 Å². The summed E-state index contributed by atoms with van der Waals surface area (Å²) in [4.78, 5) is 47.5. The number of fused-ring (bicyclic) bond motifs is 1. The number of aryl methyl sites for hydroxylation is 3. The van der Waals surface area contributed by atoms with Gasteiger partial charge in [0.15, 0.2) is 0 Å². The lowest BCUT2D eigenvalue weighted by atomic mass is 10.2. The van der Waals surface area contributed by atoms with E-state index in [-0.39, 0.29) is 17.9 Å². The smallest absolute Gasteiger partial charge is 0.261 e. The van der Waals surface area contributed by atoms with Gasteiger partial charge in [-0.2, -0.15) is 0 Å². The highest BCUT2D eigenvalue weighted by Gasteiger charge is 2.23. The lowest BCUT2D eigenvalue weighted by Crippen LogP contribution is -2.49. The van der Waals surface area contributed by atoms with E-state index < -0.39 is 0 Å². The SMILES string of the molecule is Cc1nc(N2CCN(C(=O)CCn3cnc4ccccc4c3=O)CC2)cc(-n2cnc(C)c2C)n1. The third-order valence-electron chi connectivity index (χ3n) is 6.56. The molecule has 3 aromatic heterocycles. The zero-order valence-electron chi connectivity index (χ0n) is 20.2. The Morgan fingerprint density at radius 3 is 2.43 bits per heavy atom. The normalized spacial score (nSPS) is 14.0. The average molecular weight is 473 g/mol. The minimum absolute atomic E-state index is 0.0359. The molecule has 1 fully saturated rings. The Labute approximate surface area is 202 Å². The highest BCUT2D eigenvalue weighted by atomic mass is 16.2. The summed E-state index contributed by atoms with van der Waals surface area (Å²) in [7, 11) is 0. The van der Waals surface area contributed by atoms with E-state index in [2.05, 4.69) is 24.8 Å². The summed E-state index contributed by atoms with van der Waals surface area (Å²) in [5.74, 6) is 2.36. The lowest BCUT2D eigenvalue weighted by molar-refractivity contribution is -0.131. The van der Waals surface area contributed by atoms with Crippen molar-refractivity contribution in [3.63, 3.8) is 0 Å². The third kappa shape index (κ3) is 4.51. The van der Waals surface area contributed by atoms with Gasteiger partial charge >= 0.3 is 0 Å². The molecule has 0 aliphatic carbocycles. The molecule has 10 heteroatoms. The fourth-order valence-electron chi connectivity index (χ4n) is 4.38. The van der Waals surface area contributed by atoms with Gasteiger partial charge in [-0.3, -0.25) is 18.7 Å². The van der Waals surface area contributed by atoms with Gasteiger partial charge in [-0.05, 0) is 32.9 Å². The molecular weight excluding hydrogens is 444 g/mol. The predicted molar refractivity (Wildman–Crippen MR) is 133 cm³/mol. The fourth-order valence-corrected chi connectivity index (χ4v) is 4.38. The summed E-state index contributed by atoms with van der Waals surface area (Å²) in [6.45, 7) is 8.76. The monoisotopic (exact) mass is 472 g/mol. The van der Waals surface area contributed by atoms with Gasteiger partial charge in [0, 0.05) is 50.9 Å². The number of carbonyl (C=O) groups excluding carboxylic acids is 1. The first-order valence-corrected chi connectivity index (χ1v) is 11.7. The molecule has 180 valence electrons. The molecule has 10 nitrogen and oxygen atoms in total. The zero-order valence-corrected chi connectivity index (χ0v) is 20.2. The number of carbonyl (C=O) groups is 1.